The molecule has 244 valence electrons. The van der Waals surface area contributed by atoms with Gasteiger partial charge in [0.25, 0.3) is 0 Å². The van der Waals surface area contributed by atoms with Crippen LogP contribution in [0.5, 0.6) is 0 Å². The lowest BCUT2D eigenvalue weighted by atomic mass is 9.85. The van der Waals surface area contributed by atoms with E-state index < -0.39 is 11.2 Å². The predicted octanol–water partition coefficient (Wildman–Crippen LogP) is 2.50. The monoisotopic (exact) mass is 638 g/mol. The molecule has 1 atom stereocenters. The second kappa shape index (κ2) is 11.8. The van der Waals surface area contributed by atoms with Gasteiger partial charge in [-0.2, -0.15) is 9.78 Å². The number of aryl methyl sites for hydroxylation is 1. The fraction of sp³-hybridized carbons (Fsp3) is 0.441. The molecule has 0 bridgehead atoms. The predicted molar refractivity (Wildman–Crippen MR) is 176 cm³/mol. The number of benzene rings is 2. The fourth-order valence-electron chi connectivity index (χ4n) is 7.45. The summed E-state index contributed by atoms with van der Waals surface area (Å²) >= 11 is 0. The number of aromatic amines is 1. The maximum atomic E-state index is 13.9. The average Bonchev–Trinajstić information content (AvgIpc) is 3.88. The van der Waals surface area contributed by atoms with Crippen LogP contribution in [0.15, 0.2) is 57.8 Å². The molecule has 1 spiro atoms. The van der Waals surface area contributed by atoms with Gasteiger partial charge in [0.1, 0.15) is 0 Å². The molecule has 3 fully saturated rings. The van der Waals surface area contributed by atoms with Crippen LogP contribution in [0.25, 0.3) is 27.9 Å². The van der Waals surface area contributed by atoms with Gasteiger partial charge in [-0.25, -0.2) is 4.79 Å². The Morgan fingerprint density at radius 3 is 2.51 bits per heavy atom. The molecule has 4 aromatic rings. The second-order valence-electron chi connectivity index (χ2n) is 13.0. The third-order valence-electron chi connectivity index (χ3n) is 10.2. The van der Waals surface area contributed by atoms with Crippen molar-refractivity contribution in [2.24, 2.45) is 12.5 Å². The van der Waals surface area contributed by atoms with Crippen LogP contribution in [-0.2, 0) is 21.4 Å². The first-order valence-electron chi connectivity index (χ1n) is 16.3. The van der Waals surface area contributed by atoms with Crippen LogP contribution < -0.4 is 15.6 Å². The molecule has 2 aromatic heterocycles. The molecule has 4 aliphatic rings. The normalized spacial score (nSPS) is 22.2. The maximum Gasteiger partial charge on any atom is 0.437 e. The van der Waals surface area contributed by atoms with E-state index in [-0.39, 0.29) is 11.8 Å². The van der Waals surface area contributed by atoms with Crippen molar-refractivity contribution < 1.29 is 18.7 Å². The Morgan fingerprint density at radius 2 is 1.77 bits per heavy atom. The molecule has 13 nitrogen and oxygen atoms in total. The zero-order valence-electron chi connectivity index (χ0n) is 26.5. The van der Waals surface area contributed by atoms with Crippen LogP contribution >= 0.6 is 0 Å². The summed E-state index contributed by atoms with van der Waals surface area (Å²) in [5.41, 5.74) is 4.41. The average molecular weight is 639 g/mol. The van der Waals surface area contributed by atoms with Crippen molar-refractivity contribution >= 4 is 39.8 Å². The molecule has 0 radical (unpaired) electrons. The number of rotatable bonds is 6. The largest absolute Gasteiger partial charge is 0.437 e. The van der Waals surface area contributed by atoms with Crippen molar-refractivity contribution in [1.29, 1.82) is 0 Å². The standard InChI is InChI=1S/C34H38N8O5/c1-38-33(45)47-31(37-38)25-4-2-23(3-5-25)24-8-12-40(13-9-24)29(43)21-39-14-10-34(22-39)11-15-42(32(34)44)26-6-7-28-27(20-26)30(36-35-28)41-16-18-46-19-17-41/h2-8,20H,9-19,21-22H2,1H3,(H,35,36)/t34-/m0/s1. The van der Waals surface area contributed by atoms with Gasteiger partial charge in [-0.1, -0.05) is 18.2 Å². The van der Waals surface area contributed by atoms with E-state index in [4.69, 9.17) is 9.15 Å². The zero-order chi connectivity index (χ0) is 32.1. The molecular formula is C34H38N8O5. The highest BCUT2D eigenvalue weighted by atomic mass is 16.5. The Kier molecular flexibility index (Phi) is 7.44. The Balaban J connectivity index is 0.881. The van der Waals surface area contributed by atoms with Crippen molar-refractivity contribution in [3.8, 4) is 11.5 Å². The highest BCUT2D eigenvalue weighted by molar-refractivity contribution is 6.03. The lowest BCUT2D eigenvalue weighted by Gasteiger charge is -2.29. The molecule has 4 aliphatic heterocycles. The van der Waals surface area contributed by atoms with Gasteiger partial charge in [0, 0.05) is 63.0 Å². The Bertz CT molecular complexity index is 1920. The summed E-state index contributed by atoms with van der Waals surface area (Å²) in [5.74, 6) is 0.965. The first-order valence-corrected chi connectivity index (χ1v) is 16.3. The zero-order valence-corrected chi connectivity index (χ0v) is 26.5. The number of nitrogens with one attached hydrogen (secondary N) is 1. The van der Waals surface area contributed by atoms with E-state index in [1.165, 1.54) is 10.3 Å². The molecular weight excluding hydrogens is 600 g/mol. The van der Waals surface area contributed by atoms with Crippen molar-refractivity contribution in [1.82, 2.24) is 29.8 Å². The molecule has 8 rings (SSSR count). The SMILES string of the molecule is Cn1nc(-c2ccc(C3=CCN(C(=O)CN4CC[C@]5(CCN(c6ccc7[nH]nc(N8CCOCC8)c7c6)C5=O)C4)CC3)cc2)oc1=O. The topological polar surface area (TPSA) is 133 Å². The van der Waals surface area contributed by atoms with Gasteiger partial charge in [0.2, 0.25) is 17.7 Å². The molecule has 2 amide bonds. The summed E-state index contributed by atoms with van der Waals surface area (Å²) in [4.78, 5) is 47.1. The third-order valence-corrected chi connectivity index (χ3v) is 10.2. The van der Waals surface area contributed by atoms with Crippen molar-refractivity contribution in [2.45, 2.75) is 19.3 Å². The fourth-order valence-corrected chi connectivity index (χ4v) is 7.45. The summed E-state index contributed by atoms with van der Waals surface area (Å²) in [6.45, 7) is 6.51. The smallest absolute Gasteiger partial charge is 0.388 e. The molecule has 0 aliphatic carbocycles. The number of ether oxygens (including phenoxy) is 1. The highest BCUT2D eigenvalue weighted by Crippen LogP contribution is 2.43. The number of H-pyrrole nitrogens is 1. The lowest BCUT2D eigenvalue weighted by molar-refractivity contribution is -0.132. The first-order chi connectivity index (χ1) is 22.9. The second-order valence-corrected chi connectivity index (χ2v) is 13.0. The van der Waals surface area contributed by atoms with E-state index in [1.54, 1.807) is 7.05 Å². The molecule has 3 saturated heterocycles. The van der Waals surface area contributed by atoms with E-state index in [9.17, 15) is 14.4 Å². The number of hydrogen-bond donors (Lipinski definition) is 1. The maximum absolute atomic E-state index is 13.9. The van der Waals surface area contributed by atoms with E-state index >= 15 is 0 Å². The molecule has 13 heteroatoms. The molecule has 47 heavy (non-hydrogen) atoms. The van der Waals surface area contributed by atoms with E-state index in [1.807, 2.05) is 46.2 Å². The minimum Gasteiger partial charge on any atom is -0.388 e. The van der Waals surface area contributed by atoms with Gasteiger partial charge in [-0.15, -0.1) is 5.10 Å². The van der Waals surface area contributed by atoms with E-state index in [0.29, 0.717) is 51.8 Å². The summed E-state index contributed by atoms with van der Waals surface area (Å²) in [5, 5.41) is 12.8. The van der Waals surface area contributed by atoms with Crippen molar-refractivity contribution in [3.63, 3.8) is 0 Å². The summed E-state index contributed by atoms with van der Waals surface area (Å²) < 4.78 is 11.9. The van der Waals surface area contributed by atoms with Crippen LogP contribution in [0.4, 0.5) is 11.5 Å². The lowest BCUT2D eigenvalue weighted by Crippen LogP contribution is -2.43. The third kappa shape index (κ3) is 5.42. The Morgan fingerprint density at radius 1 is 0.979 bits per heavy atom. The summed E-state index contributed by atoms with van der Waals surface area (Å²) in [7, 11) is 1.55. The van der Waals surface area contributed by atoms with Gasteiger partial charge in [-0.05, 0) is 67.3 Å². The number of hydrogen-bond acceptors (Lipinski definition) is 9. The van der Waals surface area contributed by atoms with Crippen molar-refractivity contribution in [2.75, 3.05) is 75.4 Å². The number of carbonyl (C=O) groups is 2. The van der Waals surface area contributed by atoms with Gasteiger partial charge in [-0.3, -0.25) is 19.6 Å². The van der Waals surface area contributed by atoms with Crippen LogP contribution in [-0.4, -0.2) is 107 Å². The molecule has 0 unspecified atom stereocenters. The van der Waals surface area contributed by atoms with E-state index in [2.05, 4.69) is 37.2 Å². The number of fused-ring (bicyclic) bond motifs is 1. The quantitative estimate of drug-likeness (QED) is 0.338. The van der Waals surface area contributed by atoms with Gasteiger partial charge in [0.05, 0.1) is 30.7 Å². The van der Waals surface area contributed by atoms with Gasteiger partial charge >= 0.3 is 5.76 Å². The number of amides is 2. The first kappa shape index (κ1) is 29.6. The summed E-state index contributed by atoms with van der Waals surface area (Å²) in [6.07, 6.45) is 4.43. The minimum atomic E-state index is -0.494. The number of aromatic nitrogens is 4. The summed E-state index contributed by atoms with van der Waals surface area (Å²) in [6, 6.07) is 13.9. The number of anilines is 2. The number of likely N-dealkylation sites (tertiary alicyclic amines) is 1. The van der Waals surface area contributed by atoms with Gasteiger partial charge < -0.3 is 23.9 Å². The van der Waals surface area contributed by atoms with Crippen LogP contribution in [0.1, 0.15) is 24.8 Å². The molecule has 0 saturated carbocycles. The number of morpholine rings is 1. The molecule has 6 heterocycles. The Hall–Kier alpha value is -4.75. The van der Waals surface area contributed by atoms with Gasteiger partial charge in [0.15, 0.2) is 5.82 Å². The minimum absolute atomic E-state index is 0.0984. The Labute approximate surface area is 271 Å². The molecule has 2 aromatic carbocycles. The van der Waals surface area contributed by atoms with Crippen LogP contribution in [0, 0.1) is 5.41 Å². The van der Waals surface area contributed by atoms with Crippen molar-refractivity contribution in [3.05, 3.63) is 64.7 Å². The number of nitrogens with zero attached hydrogens (tertiary/aromatic N) is 7. The van der Waals surface area contributed by atoms with E-state index in [0.717, 1.165) is 72.4 Å². The number of carbonyl (C=O) groups excluding carboxylic acids is 2. The van der Waals surface area contributed by atoms with Crippen LogP contribution in [0.2, 0.25) is 0 Å². The molecule has 1 N–H and O–H groups in total. The highest BCUT2D eigenvalue weighted by Gasteiger charge is 2.51. The van der Waals surface area contributed by atoms with Crippen LogP contribution in [0.3, 0.4) is 0 Å².